The maximum atomic E-state index is 10.8. The van der Waals surface area contributed by atoms with Crippen LogP contribution in [0.15, 0.2) is 42.7 Å². The lowest BCUT2D eigenvalue weighted by Gasteiger charge is -2.27. The number of fused-ring (bicyclic) bond motifs is 2. The fourth-order valence-electron chi connectivity index (χ4n) is 4.97. The molecular formula is C23H27N3O3. The number of ether oxygens (including phenoxy) is 1. The molecule has 0 aliphatic heterocycles. The second-order valence-corrected chi connectivity index (χ2v) is 8.36. The topological polar surface area (TPSA) is 93.5 Å². The van der Waals surface area contributed by atoms with Crippen LogP contribution in [0.2, 0.25) is 0 Å². The zero-order valence-corrected chi connectivity index (χ0v) is 16.5. The van der Waals surface area contributed by atoms with E-state index >= 15 is 0 Å². The standard InChI is InChI=1S/C23H27N3O3/c1-13-8-10-25-23-15(13)9-11-26(23)17-12-19(22(28)21(17)27)29-18-7-3-5-14-4-2-6-16(24)20(14)18/h3,5,7-11,16-17,19,21-22,27-28H,2,4,6,12,24H2,1H3/t16-,17-,19+,21+,22-/m1/s1. The molecule has 1 saturated carbocycles. The average Bonchev–Trinajstić information content (AvgIpc) is 3.26. The Kier molecular flexibility index (Phi) is 4.57. The number of aliphatic hydroxyl groups is 2. The zero-order valence-electron chi connectivity index (χ0n) is 16.5. The number of nitrogens with two attached hydrogens (primary N) is 1. The first kappa shape index (κ1) is 18.6. The second kappa shape index (κ2) is 7.13. The largest absolute Gasteiger partial charge is 0.487 e. The van der Waals surface area contributed by atoms with Crippen LogP contribution in [-0.2, 0) is 6.42 Å². The van der Waals surface area contributed by atoms with Gasteiger partial charge in [-0.15, -0.1) is 0 Å². The van der Waals surface area contributed by atoms with Crippen molar-refractivity contribution in [1.29, 1.82) is 0 Å². The van der Waals surface area contributed by atoms with Crippen LogP contribution in [0.5, 0.6) is 5.75 Å². The van der Waals surface area contributed by atoms with Crippen LogP contribution >= 0.6 is 0 Å². The Hall–Kier alpha value is -2.41. The first-order chi connectivity index (χ1) is 14.0. The average molecular weight is 393 g/mol. The quantitative estimate of drug-likeness (QED) is 0.636. The number of aromatic nitrogens is 2. The number of aliphatic hydroxyl groups excluding tert-OH is 2. The van der Waals surface area contributed by atoms with Gasteiger partial charge in [-0.2, -0.15) is 0 Å². The minimum absolute atomic E-state index is 0.0465. The highest BCUT2D eigenvalue weighted by molar-refractivity contribution is 5.79. The van der Waals surface area contributed by atoms with Crippen LogP contribution in [0.3, 0.4) is 0 Å². The number of rotatable bonds is 3. The van der Waals surface area contributed by atoms with Gasteiger partial charge in [0.2, 0.25) is 0 Å². The molecule has 152 valence electrons. The molecule has 29 heavy (non-hydrogen) atoms. The summed E-state index contributed by atoms with van der Waals surface area (Å²) in [6.45, 7) is 2.04. The van der Waals surface area contributed by atoms with Crippen LogP contribution in [-0.4, -0.2) is 38.1 Å². The normalized spacial score (nSPS) is 29.2. The van der Waals surface area contributed by atoms with Crippen molar-refractivity contribution in [3.8, 4) is 5.75 Å². The number of aryl methyl sites for hydroxylation is 2. The third-order valence-electron chi connectivity index (χ3n) is 6.56. The highest BCUT2D eigenvalue weighted by Crippen LogP contribution is 2.40. The van der Waals surface area contributed by atoms with Gasteiger partial charge in [0.05, 0.1) is 6.04 Å². The molecule has 0 amide bonds. The summed E-state index contributed by atoms with van der Waals surface area (Å²) in [4.78, 5) is 4.50. The summed E-state index contributed by atoms with van der Waals surface area (Å²) in [6, 6.07) is 9.65. The van der Waals surface area contributed by atoms with E-state index in [1.54, 1.807) is 6.20 Å². The minimum atomic E-state index is -0.974. The van der Waals surface area contributed by atoms with Gasteiger partial charge in [0.15, 0.2) is 0 Å². The lowest BCUT2D eigenvalue weighted by Crippen LogP contribution is -2.34. The van der Waals surface area contributed by atoms with Crippen molar-refractivity contribution >= 4 is 11.0 Å². The molecule has 6 heteroatoms. The molecular weight excluding hydrogens is 366 g/mol. The SMILES string of the molecule is Cc1ccnc2c1ccn2[C@@H]1C[C@H](Oc2cccc3c2[C@H](N)CCC3)[C@@H](O)[C@H]1O. The second-order valence-electron chi connectivity index (χ2n) is 8.36. The third kappa shape index (κ3) is 3.03. The fraction of sp³-hybridized carbons (Fsp3) is 0.435. The summed E-state index contributed by atoms with van der Waals surface area (Å²) in [5, 5.41) is 22.6. The Bertz CT molecular complexity index is 1050. The van der Waals surface area contributed by atoms with Gasteiger partial charge in [0, 0.05) is 35.8 Å². The monoisotopic (exact) mass is 393 g/mol. The van der Waals surface area contributed by atoms with Gasteiger partial charge in [0.25, 0.3) is 0 Å². The molecule has 0 bridgehead atoms. The van der Waals surface area contributed by atoms with E-state index in [9.17, 15) is 10.2 Å². The van der Waals surface area contributed by atoms with E-state index < -0.39 is 18.3 Å². The summed E-state index contributed by atoms with van der Waals surface area (Å²) in [5.41, 5.74) is 10.6. The van der Waals surface area contributed by atoms with Crippen LogP contribution in [0.4, 0.5) is 0 Å². The molecule has 1 aromatic carbocycles. The summed E-state index contributed by atoms with van der Waals surface area (Å²) < 4.78 is 8.23. The molecule has 1 fully saturated rings. The highest BCUT2D eigenvalue weighted by Gasteiger charge is 2.44. The molecule has 5 rings (SSSR count). The van der Waals surface area contributed by atoms with Crippen molar-refractivity contribution in [2.75, 3.05) is 0 Å². The molecule has 0 spiro atoms. The maximum Gasteiger partial charge on any atom is 0.140 e. The molecule has 0 unspecified atom stereocenters. The van der Waals surface area contributed by atoms with E-state index in [2.05, 4.69) is 11.1 Å². The van der Waals surface area contributed by atoms with Gasteiger partial charge in [0.1, 0.15) is 29.7 Å². The Morgan fingerprint density at radius 1 is 1.17 bits per heavy atom. The third-order valence-corrected chi connectivity index (χ3v) is 6.56. The highest BCUT2D eigenvalue weighted by atomic mass is 16.5. The van der Waals surface area contributed by atoms with Crippen LogP contribution < -0.4 is 10.5 Å². The first-order valence-electron chi connectivity index (χ1n) is 10.4. The number of nitrogens with zero attached hydrogens (tertiary/aromatic N) is 2. The van der Waals surface area contributed by atoms with Gasteiger partial charge in [-0.25, -0.2) is 4.98 Å². The summed E-state index contributed by atoms with van der Waals surface area (Å²) in [7, 11) is 0. The fourth-order valence-corrected chi connectivity index (χ4v) is 4.97. The van der Waals surface area contributed by atoms with Crippen molar-refractivity contribution in [3.05, 3.63) is 59.4 Å². The predicted molar refractivity (Wildman–Crippen MR) is 111 cm³/mol. The lowest BCUT2D eigenvalue weighted by molar-refractivity contribution is -0.0167. The predicted octanol–water partition coefficient (Wildman–Crippen LogP) is 2.80. The smallest absolute Gasteiger partial charge is 0.140 e. The maximum absolute atomic E-state index is 10.8. The van der Waals surface area contributed by atoms with Gasteiger partial charge in [-0.1, -0.05) is 12.1 Å². The molecule has 2 aliphatic carbocycles. The zero-order chi connectivity index (χ0) is 20.1. The molecule has 0 radical (unpaired) electrons. The Balaban J connectivity index is 1.44. The summed E-state index contributed by atoms with van der Waals surface area (Å²) in [6.07, 6.45) is 4.83. The number of hydrogen-bond acceptors (Lipinski definition) is 5. The van der Waals surface area contributed by atoms with Gasteiger partial charge >= 0.3 is 0 Å². The number of pyridine rings is 1. The summed E-state index contributed by atoms with van der Waals surface area (Å²) in [5.74, 6) is 0.734. The van der Waals surface area contributed by atoms with E-state index in [4.69, 9.17) is 10.5 Å². The van der Waals surface area contributed by atoms with Crippen LogP contribution in [0, 0.1) is 6.92 Å². The molecule has 5 atom stereocenters. The molecule has 2 aliphatic rings. The molecule has 3 aromatic rings. The van der Waals surface area contributed by atoms with Gasteiger partial charge in [-0.05, 0) is 55.5 Å². The Morgan fingerprint density at radius 2 is 2.03 bits per heavy atom. The van der Waals surface area contributed by atoms with Crippen molar-refractivity contribution in [3.63, 3.8) is 0 Å². The van der Waals surface area contributed by atoms with Crippen LogP contribution in [0.25, 0.3) is 11.0 Å². The van der Waals surface area contributed by atoms with Crippen molar-refractivity contribution < 1.29 is 14.9 Å². The number of hydrogen-bond donors (Lipinski definition) is 3. The molecule has 2 aromatic heterocycles. The molecule has 0 saturated heterocycles. The van der Waals surface area contributed by atoms with Crippen molar-refractivity contribution in [2.45, 2.75) is 63.0 Å². The lowest BCUT2D eigenvalue weighted by atomic mass is 9.87. The van der Waals surface area contributed by atoms with E-state index in [0.29, 0.717) is 6.42 Å². The molecule has 4 N–H and O–H groups in total. The van der Waals surface area contributed by atoms with E-state index in [1.807, 2.05) is 42.0 Å². The molecule has 2 heterocycles. The first-order valence-corrected chi connectivity index (χ1v) is 10.4. The molecule has 6 nitrogen and oxygen atoms in total. The van der Waals surface area contributed by atoms with E-state index in [0.717, 1.165) is 47.2 Å². The van der Waals surface area contributed by atoms with Crippen LogP contribution in [0.1, 0.15) is 48.0 Å². The van der Waals surface area contributed by atoms with E-state index in [1.165, 1.54) is 5.56 Å². The van der Waals surface area contributed by atoms with Gasteiger partial charge in [-0.3, -0.25) is 0 Å². The van der Waals surface area contributed by atoms with Gasteiger partial charge < -0.3 is 25.3 Å². The van der Waals surface area contributed by atoms with Crippen molar-refractivity contribution in [1.82, 2.24) is 9.55 Å². The van der Waals surface area contributed by atoms with Crippen molar-refractivity contribution in [2.24, 2.45) is 5.73 Å². The minimum Gasteiger partial charge on any atom is -0.487 e. The Labute approximate surface area is 169 Å². The van der Waals surface area contributed by atoms with E-state index in [-0.39, 0.29) is 12.1 Å². The summed E-state index contributed by atoms with van der Waals surface area (Å²) >= 11 is 0. The number of benzene rings is 1. The Morgan fingerprint density at radius 3 is 2.90 bits per heavy atom.